The fourth-order valence-corrected chi connectivity index (χ4v) is 3.26. The minimum Gasteiger partial charge on any atom is -0.327 e. The summed E-state index contributed by atoms with van der Waals surface area (Å²) in [5.41, 5.74) is 4.40. The lowest BCUT2D eigenvalue weighted by atomic mass is 9.96. The van der Waals surface area contributed by atoms with Crippen molar-refractivity contribution in [2.75, 3.05) is 13.6 Å². The van der Waals surface area contributed by atoms with Gasteiger partial charge in [0, 0.05) is 18.6 Å². The molecule has 5 heteroatoms. The van der Waals surface area contributed by atoms with Crippen molar-refractivity contribution in [1.29, 1.82) is 0 Å². The van der Waals surface area contributed by atoms with E-state index in [9.17, 15) is 0 Å². The van der Waals surface area contributed by atoms with Crippen LogP contribution in [0, 0.1) is 0 Å². The number of hydrogen-bond donors (Lipinski definition) is 1. The minimum atomic E-state index is -0.123. The van der Waals surface area contributed by atoms with E-state index in [1.54, 1.807) is 0 Å². The highest BCUT2D eigenvalue weighted by molar-refractivity contribution is 7.80. The van der Waals surface area contributed by atoms with Crippen LogP contribution < -0.4 is 5.43 Å². The van der Waals surface area contributed by atoms with E-state index in [1.165, 1.54) is 12.0 Å². The molecule has 1 atom stereocenters. The van der Waals surface area contributed by atoms with Crippen LogP contribution in [0.5, 0.6) is 0 Å². The smallest absolute Gasteiger partial charge is 0.185 e. The number of fused-ring (bicyclic) bond motifs is 1. The Morgan fingerprint density at radius 3 is 2.76 bits per heavy atom. The lowest BCUT2D eigenvalue weighted by Gasteiger charge is -2.36. The number of rotatable bonds is 1. The molecule has 2 saturated heterocycles. The zero-order valence-electron chi connectivity index (χ0n) is 9.61. The molecule has 3 nitrogen and oxygen atoms in total. The summed E-state index contributed by atoms with van der Waals surface area (Å²) in [6.45, 7) is 1.02. The number of benzene rings is 1. The molecule has 1 aromatic rings. The third-order valence-corrected chi connectivity index (χ3v) is 4.37. The minimum absolute atomic E-state index is 0.123. The van der Waals surface area contributed by atoms with E-state index in [2.05, 4.69) is 34.5 Å². The van der Waals surface area contributed by atoms with Crippen LogP contribution in [0.3, 0.4) is 0 Å². The summed E-state index contributed by atoms with van der Waals surface area (Å²) in [5, 5.41) is 3.80. The van der Waals surface area contributed by atoms with E-state index in [1.807, 2.05) is 12.1 Å². The number of halogens is 1. The van der Waals surface area contributed by atoms with Crippen LogP contribution in [0.25, 0.3) is 0 Å². The molecule has 3 rings (SSSR count). The van der Waals surface area contributed by atoms with Crippen molar-refractivity contribution in [3.63, 3.8) is 0 Å². The molecule has 90 valence electrons. The maximum atomic E-state index is 5.96. The van der Waals surface area contributed by atoms with Gasteiger partial charge in [-0.25, -0.2) is 0 Å². The third-order valence-electron chi connectivity index (χ3n) is 3.75. The molecule has 0 aromatic heterocycles. The molecule has 1 unspecified atom stereocenters. The fourth-order valence-electron chi connectivity index (χ4n) is 2.87. The number of nitrogens with zero attached hydrogens (tertiary/aromatic N) is 2. The Morgan fingerprint density at radius 2 is 2.06 bits per heavy atom. The molecule has 2 fully saturated rings. The van der Waals surface area contributed by atoms with Crippen LogP contribution in [0.15, 0.2) is 24.3 Å². The fraction of sp³-hybridized carbons (Fsp3) is 0.417. The van der Waals surface area contributed by atoms with Gasteiger partial charge in [-0.3, -0.25) is 5.43 Å². The second-order valence-corrected chi connectivity index (χ2v) is 5.38. The molecule has 0 bridgehead atoms. The van der Waals surface area contributed by atoms with Crippen molar-refractivity contribution in [2.24, 2.45) is 0 Å². The van der Waals surface area contributed by atoms with Crippen molar-refractivity contribution >= 4 is 28.9 Å². The van der Waals surface area contributed by atoms with Crippen molar-refractivity contribution in [3.05, 3.63) is 34.9 Å². The highest BCUT2D eigenvalue weighted by Gasteiger charge is 2.51. The lowest BCUT2D eigenvalue weighted by Crippen LogP contribution is -2.46. The zero-order valence-corrected chi connectivity index (χ0v) is 11.2. The van der Waals surface area contributed by atoms with Crippen LogP contribution in [0.2, 0.25) is 5.02 Å². The van der Waals surface area contributed by atoms with Gasteiger partial charge in [-0.05, 0) is 42.8 Å². The molecule has 17 heavy (non-hydrogen) atoms. The average molecular weight is 268 g/mol. The topological polar surface area (TPSA) is 18.5 Å². The Balaban J connectivity index is 2.09. The van der Waals surface area contributed by atoms with E-state index < -0.39 is 0 Å². The molecular formula is C12H14ClN3S. The van der Waals surface area contributed by atoms with Crippen LogP contribution in [0.1, 0.15) is 18.4 Å². The highest BCUT2D eigenvalue weighted by atomic mass is 35.5. The normalized spacial score (nSPS) is 28.4. The van der Waals surface area contributed by atoms with E-state index in [0.717, 1.165) is 23.1 Å². The van der Waals surface area contributed by atoms with Gasteiger partial charge in [0.15, 0.2) is 5.11 Å². The van der Waals surface area contributed by atoms with Crippen molar-refractivity contribution < 1.29 is 0 Å². The van der Waals surface area contributed by atoms with Gasteiger partial charge in [-0.15, -0.1) is 0 Å². The molecule has 0 saturated carbocycles. The average Bonchev–Trinajstić information content (AvgIpc) is 2.82. The Labute approximate surface area is 111 Å². The SMILES string of the molecule is CN1C(=S)NN2CCCC21c1ccc(Cl)cc1. The van der Waals surface area contributed by atoms with Crippen LogP contribution in [0.4, 0.5) is 0 Å². The summed E-state index contributed by atoms with van der Waals surface area (Å²) in [7, 11) is 2.05. The molecule has 2 heterocycles. The number of nitrogens with one attached hydrogen (secondary N) is 1. The van der Waals surface area contributed by atoms with Gasteiger partial charge in [0.2, 0.25) is 0 Å². The zero-order chi connectivity index (χ0) is 12.0. The molecule has 1 aromatic carbocycles. The summed E-state index contributed by atoms with van der Waals surface area (Å²) in [5.74, 6) is 0. The second-order valence-electron chi connectivity index (χ2n) is 4.55. The Bertz CT molecular complexity index is 461. The lowest BCUT2D eigenvalue weighted by molar-refractivity contribution is 0.0558. The molecule has 2 aliphatic heterocycles. The number of hydrogen-bond acceptors (Lipinski definition) is 2. The molecule has 0 aliphatic carbocycles. The summed E-state index contributed by atoms with van der Waals surface area (Å²) in [6.07, 6.45) is 2.25. The van der Waals surface area contributed by atoms with Gasteiger partial charge in [-0.2, -0.15) is 5.01 Å². The van der Waals surface area contributed by atoms with Crippen molar-refractivity contribution in [3.8, 4) is 0 Å². The van der Waals surface area contributed by atoms with Crippen LogP contribution >= 0.6 is 23.8 Å². The second kappa shape index (κ2) is 3.83. The first-order valence-corrected chi connectivity index (χ1v) is 6.51. The maximum Gasteiger partial charge on any atom is 0.185 e. The van der Waals surface area contributed by atoms with E-state index >= 15 is 0 Å². The van der Waals surface area contributed by atoms with Crippen molar-refractivity contribution in [2.45, 2.75) is 18.5 Å². The molecule has 0 amide bonds. The Kier molecular flexibility index (Phi) is 2.54. The first kappa shape index (κ1) is 11.3. The standard InChI is InChI=1S/C12H14ClN3S/c1-15-11(17)14-16-8-2-7-12(15,16)9-3-5-10(13)6-4-9/h3-6H,2,7-8H2,1H3,(H,14,17). The van der Waals surface area contributed by atoms with Gasteiger partial charge < -0.3 is 4.90 Å². The number of thiocarbonyl (C=S) groups is 1. The summed E-state index contributed by atoms with van der Waals surface area (Å²) in [4.78, 5) is 2.15. The third kappa shape index (κ3) is 1.48. The largest absolute Gasteiger partial charge is 0.327 e. The molecule has 0 radical (unpaired) electrons. The summed E-state index contributed by atoms with van der Waals surface area (Å²) in [6, 6.07) is 8.06. The summed E-state index contributed by atoms with van der Waals surface area (Å²) < 4.78 is 0. The predicted octanol–water partition coefficient (Wildman–Crippen LogP) is 2.32. The predicted molar refractivity (Wildman–Crippen MR) is 72.6 cm³/mol. The van der Waals surface area contributed by atoms with Gasteiger partial charge in [0.1, 0.15) is 5.66 Å². The first-order valence-electron chi connectivity index (χ1n) is 5.73. The van der Waals surface area contributed by atoms with E-state index in [4.69, 9.17) is 23.8 Å². The molecule has 0 spiro atoms. The van der Waals surface area contributed by atoms with Crippen LogP contribution in [-0.4, -0.2) is 28.6 Å². The summed E-state index contributed by atoms with van der Waals surface area (Å²) >= 11 is 11.3. The molecule has 1 N–H and O–H groups in total. The quantitative estimate of drug-likeness (QED) is 0.787. The Morgan fingerprint density at radius 1 is 1.35 bits per heavy atom. The van der Waals surface area contributed by atoms with Gasteiger partial charge >= 0.3 is 0 Å². The van der Waals surface area contributed by atoms with E-state index in [0.29, 0.717) is 0 Å². The molecule has 2 aliphatic rings. The van der Waals surface area contributed by atoms with Gasteiger partial charge in [0.05, 0.1) is 0 Å². The number of hydrazine groups is 1. The highest BCUT2D eigenvalue weighted by Crippen LogP contribution is 2.43. The van der Waals surface area contributed by atoms with Crippen molar-refractivity contribution in [1.82, 2.24) is 15.3 Å². The Hall–Kier alpha value is -0.840. The van der Waals surface area contributed by atoms with E-state index in [-0.39, 0.29) is 5.66 Å². The van der Waals surface area contributed by atoms with Gasteiger partial charge in [-0.1, -0.05) is 23.7 Å². The van der Waals surface area contributed by atoms with Gasteiger partial charge in [0.25, 0.3) is 0 Å². The first-order chi connectivity index (χ1) is 8.14. The van der Waals surface area contributed by atoms with Crippen LogP contribution in [-0.2, 0) is 5.66 Å². The maximum absolute atomic E-state index is 5.96. The molecular weight excluding hydrogens is 254 g/mol. The monoisotopic (exact) mass is 267 g/mol.